The predicted octanol–water partition coefficient (Wildman–Crippen LogP) is 1.54. The molecule has 0 saturated carbocycles. The Morgan fingerprint density at radius 3 is 2.52 bits per heavy atom. The van der Waals surface area contributed by atoms with Crippen LogP contribution < -0.4 is 25.4 Å². The van der Waals surface area contributed by atoms with Gasteiger partial charge in [-0.3, -0.25) is 9.79 Å². The number of guanidine groups is 1. The Labute approximate surface area is 150 Å². The third-order valence-electron chi connectivity index (χ3n) is 3.09. The molecule has 25 heavy (non-hydrogen) atoms. The lowest BCUT2D eigenvalue weighted by Crippen LogP contribution is -2.49. The zero-order valence-corrected chi connectivity index (χ0v) is 16.0. The molecule has 1 unspecified atom stereocenters. The maximum Gasteiger partial charge on any atom is 0.239 e. The van der Waals surface area contributed by atoms with Gasteiger partial charge in [-0.15, -0.1) is 0 Å². The summed E-state index contributed by atoms with van der Waals surface area (Å²) in [7, 11) is 3.28. The molecule has 3 N–H and O–H groups in total. The molecule has 0 aliphatic heterocycles. The number of rotatable bonds is 7. The van der Waals surface area contributed by atoms with E-state index in [9.17, 15) is 4.79 Å². The van der Waals surface area contributed by atoms with E-state index in [0.717, 1.165) is 11.5 Å². The molecule has 0 aliphatic rings. The lowest BCUT2D eigenvalue weighted by molar-refractivity contribution is -0.121. The van der Waals surface area contributed by atoms with Crippen LogP contribution in [0.3, 0.4) is 0 Å². The Kier molecular flexibility index (Phi) is 8.04. The van der Waals surface area contributed by atoms with Gasteiger partial charge in [0.05, 0.1) is 20.2 Å². The van der Waals surface area contributed by atoms with E-state index in [1.54, 1.807) is 14.2 Å². The molecule has 140 valence electrons. The van der Waals surface area contributed by atoms with Crippen molar-refractivity contribution in [3.05, 3.63) is 24.3 Å². The van der Waals surface area contributed by atoms with Crippen LogP contribution in [-0.2, 0) is 4.79 Å². The van der Waals surface area contributed by atoms with E-state index < -0.39 is 0 Å². The number of benzene rings is 1. The van der Waals surface area contributed by atoms with Crippen LogP contribution in [-0.4, -0.2) is 50.8 Å². The zero-order valence-electron chi connectivity index (χ0n) is 16.0. The fraction of sp³-hybridized carbons (Fsp3) is 0.556. The summed E-state index contributed by atoms with van der Waals surface area (Å²) in [6.07, 6.45) is -0.0888. The van der Waals surface area contributed by atoms with Crippen LogP contribution in [0.15, 0.2) is 29.3 Å². The first kappa shape index (κ1) is 20.6. The molecule has 0 bridgehead atoms. The lowest BCUT2D eigenvalue weighted by atomic mass is 10.1. The number of nitrogens with zero attached hydrogens (tertiary/aromatic N) is 1. The summed E-state index contributed by atoms with van der Waals surface area (Å²) in [5.74, 6) is 1.95. The number of hydrogen-bond donors (Lipinski definition) is 3. The fourth-order valence-electron chi connectivity index (χ4n) is 2.04. The van der Waals surface area contributed by atoms with Crippen molar-refractivity contribution in [3.63, 3.8) is 0 Å². The summed E-state index contributed by atoms with van der Waals surface area (Å²) in [6, 6.07) is 7.45. The van der Waals surface area contributed by atoms with Crippen LogP contribution in [0.25, 0.3) is 0 Å². The van der Waals surface area contributed by atoms with E-state index in [0.29, 0.717) is 12.5 Å². The van der Waals surface area contributed by atoms with Crippen molar-refractivity contribution >= 4 is 11.9 Å². The van der Waals surface area contributed by atoms with Gasteiger partial charge in [-0.25, -0.2) is 0 Å². The van der Waals surface area contributed by atoms with E-state index >= 15 is 0 Å². The van der Waals surface area contributed by atoms with Crippen LogP contribution in [0.5, 0.6) is 11.5 Å². The molecule has 0 aliphatic carbocycles. The van der Waals surface area contributed by atoms with Crippen molar-refractivity contribution in [3.8, 4) is 11.5 Å². The molecule has 0 radical (unpaired) electrons. The number of aliphatic imine (C=N–C) groups is 1. The lowest BCUT2D eigenvalue weighted by Gasteiger charge is -2.21. The number of nitrogens with one attached hydrogen (secondary N) is 3. The maximum absolute atomic E-state index is 11.8. The topological polar surface area (TPSA) is 84.0 Å². The number of carbonyl (C=O) groups excluding carboxylic acids is 1. The molecule has 0 fully saturated rings. The van der Waals surface area contributed by atoms with Gasteiger partial charge in [-0.1, -0.05) is 6.07 Å². The van der Waals surface area contributed by atoms with Gasteiger partial charge in [0.1, 0.15) is 17.6 Å². The van der Waals surface area contributed by atoms with E-state index in [1.807, 2.05) is 52.0 Å². The maximum atomic E-state index is 11.8. The summed E-state index contributed by atoms with van der Waals surface area (Å²) >= 11 is 0. The minimum atomic E-state index is -0.255. The Morgan fingerprint density at radius 1 is 1.24 bits per heavy atom. The van der Waals surface area contributed by atoms with Crippen molar-refractivity contribution in [2.45, 2.75) is 39.3 Å². The largest absolute Gasteiger partial charge is 0.497 e. The van der Waals surface area contributed by atoms with Gasteiger partial charge in [-0.05, 0) is 39.8 Å². The monoisotopic (exact) mass is 350 g/mol. The zero-order chi connectivity index (χ0) is 18.9. The molecule has 1 atom stereocenters. The SMILES string of the molecule is CN=C(NCC(=O)NC(C)(C)C)NCC(C)Oc1cccc(OC)c1. The van der Waals surface area contributed by atoms with Crippen LogP contribution in [0.4, 0.5) is 0 Å². The predicted molar refractivity (Wildman–Crippen MR) is 100 cm³/mol. The van der Waals surface area contributed by atoms with Crippen molar-refractivity contribution in [2.75, 3.05) is 27.2 Å². The quantitative estimate of drug-likeness (QED) is 0.513. The highest BCUT2D eigenvalue weighted by atomic mass is 16.5. The molecular weight excluding hydrogens is 320 g/mol. The summed E-state index contributed by atoms with van der Waals surface area (Å²) in [6.45, 7) is 8.46. The molecular formula is C18H30N4O3. The highest BCUT2D eigenvalue weighted by molar-refractivity contribution is 5.86. The van der Waals surface area contributed by atoms with Gasteiger partial charge in [0.25, 0.3) is 0 Å². The van der Waals surface area contributed by atoms with Gasteiger partial charge in [-0.2, -0.15) is 0 Å². The van der Waals surface area contributed by atoms with Crippen LogP contribution in [0.1, 0.15) is 27.7 Å². The highest BCUT2D eigenvalue weighted by Crippen LogP contribution is 2.19. The van der Waals surface area contributed by atoms with Crippen molar-refractivity contribution in [1.82, 2.24) is 16.0 Å². The summed E-state index contributed by atoms with van der Waals surface area (Å²) in [4.78, 5) is 15.9. The molecule has 0 saturated heterocycles. The minimum absolute atomic E-state index is 0.0869. The Hall–Kier alpha value is -2.44. The summed E-state index contributed by atoms with van der Waals surface area (Å²) < 4.78 is 11.0. The first-order valence-electron chi connectivity index (χ1n) is 8.29. The Morgan fingerprint density at radius 2 is 1.92 bits per heavy atom. The van der Waals surface area contributed by atoms with Crippen LogP contribution in [0, 0.1) is 0 Å². The molecule has 0 heterocycles. The molecule has 1 aromatic carbocycles. The summed E-state index contributed by atoms with van der Waals surface area (Å²) in [5.41, 5.74) is -0.255. The molecule has 1 amide bonds. The third kappa shape index (κ3) is 8.83. The van der Waals surface area contributed by atoms with Crippen LogP contribution in [0.2, 0.25) is 0 Å². The van der Waals surface area contributed by atoms with E-state index in [4.69, 9.17) is 9.47 Å². The molecule has 0 aromatic heterocycles. The second-order valence-electron chi connectivity index (χ2n) is 6.71. The molecule has 1 rings (SSSR count). The Bertz CT molecular complexity index is 582. The van der Waals surface area contributed by atoms with Crippen molar-refractivity contribution in [1.29, 1.82) is 0 Å². The van der Waals surface area contributed by atoms with Crippen molar-refractivity contribution in [2.24, 2.45) is 4.99 Å². The van der Waals surface area contributed by atoms with E-state index in [1.165, 1.54) is 0 Å². The van der Waals surface area contributed by atoms with Gasteiger partial charge < -0.3 is 25.4 Å². The number of amides is 1. The normalized spacial score (nSPS) is 13.0. The molecule has 7 heteroatoms. The van der Waals surface area contributed by atoms with E-state index in [2.05, 4.69) is 20.9 Å². The summed E-state index contributed by atoms with van der Waals surface area (Å²) in [5, 5.41) is 9.01. The first-order valence-corrected chi connectivity index (χ1v) is 8.29. The Balaban J connectivity index is 2.39. The number of carbonyl (C=O) groups is 1. The van der Waals surface area contributed by atoms with Crippen molar-refractivity contribution < 1.29 is 14.3 Å². The average Bonchev–Trinajstić information content (AvgIpc) is 2.53. The number of hydrogen-bond acceptors (Lipinski definition) is 4. The molecule has 7 nitrogen and oxygen atoms in total. The average molecular weight is 350 g/mol. The van der Waals surface area contributed by atoms with Gasteiger partial charge >= 0.3 is 0 Å². The smallest absolute Gasteiger partial charge is 0.239 e. The minimum Gasteiger partial charge on any atom is -0.497 e. The second kappa shape index (κ2) is 9.76. The third-order valence-corrected chi connectivity index (χ3v) is 3.09. The van der Waals surface area contributed by atoms with Gasteiger partial charge in [0.15, 0.2) is 5.96 Å². The van der Waals surface area contributed by atoms with E-state index in [-0.39, 0.29) is 24.1 Å². The highest BCUT2D eigenvalue weighted by Gasteiger charge is 2.14. The molecule has 0 spiro atoms. The van der Waals surface area contributed by atoms with Crippen LogP contribution >= 0.6 is 0 Å². The van der Waals surface area contributed by atoms with Gasteiger partial charge in [0, 0.05) is 18.7 Å². The molecule has 1 aromatic rings. The first-order chi connectivity index (χ1) is 11.7. The number of ether oxygens (including phenoxy) is 2. The standard InChI is InChI=1S/C18H30N4O3/c1-13(25-15-9-7-8-14(10-15)24-6)11-20-17(19-5)21-12-16(23)22-18(2,3)4/h7-10,13H,11-12H2,1-6H3,(H,22,23)(H2,19,20,21). The van der Waals surface area contributed by atoms with Gasteiger partial charge in [0.2, 0.25) is 5.91 Å². The fourth-order valence-corrected chi connectivity index (χ4v) is 2.04. The number of methoxy groups -OCH3 is 1. The second-order valence-corrected chi connectivity index (χ2v) is 6.71.